The largest absolute Gasteiger partial charge is 0.384 e. The molecule has 0 radical (unpaired) electrons. The predicted octanol–water partition coefficient (Wildman–Crippen LogP) is 1.96. The number of hydrogen-bond donors (Lipinski definition) is 2. The summed E-state index contributed by atoms with van der Waals surface area (Å²) in [4.78, 5) is 12.2. The lowest BCUT2D eigenvalue weighted by Crippen LogP contribution is -2.37. The van der Waals surface area contributed by atoms with Crippen LogP contribution >= 0.6 is 11.8 Å². The van der Waals surface area contributed by atoms with Crippen molar-refractivity contribution in [2.75, 3.05) is 18.1 Å². The van der Waals surface area contributed by atoms with Gasteiger partial charge in [-0.25, -0.2) is 0 Å². The van der Waals surface area contributed by atoms with Crippen LogP contribution in [0.2, 0.25) is 0 Å². The van der Waals surface area contributed by atoms with Crippen LogP contribution in [-0.2, 0) is 0 Å². The van der Waals surface area contributed by atoms with Crippen LogP contribution in [0.15, 0.2) is 18.2 Å². The lowest BCUT2D eigenvalue weighted by molar-refractivity contribution is 0.0935. The summed E-state index contributed by atoms with van der Waals surface area (Å²) < 4.78 is 0. The number of thioether (sulfide) groups is 1. The molecule has 1 saturated heterocycles. The Morgan fingerprint density at radius 2 is 2.20 bits per heavy atom. The van der Waals surface area contributed by atoms with Crippen molar-refractivity contribution in [1.82, 2.24) is 5.32 Å². The predicted molar refractivity (Wildman–Crippen MR) is 83.0 cm³/mol. The molecule has 0 aliphatic carbocycles. The summed E-state index contributed by atoms with van der Waals surface area (Å²) in [6.45, 7) is 1.77. The number of hydrogen-bond acceptors (Lipinski definition) is 3. The second kappa shape index (κ2) is 7.37. The van der Waals surface area contributed by atoms with Crippen molar-refractivity contribution in [3.05, 3.63) is 34.9 Å². The van der Waals surface area contributed by atoms with E-state index in [-0.39, 0.29) is 18.6 Å². The number of aliphatic hydroxyl groups excluding tert-OH is 1. The number of amides is 1. The summed E-state index contributed by atoms with van der Waals surface area (Å²) in [5.41, 5.74) is 2.44. The van der Waals surface area contributed by atoms with Crippen LogP contribution in [0.3, 0.4) is 0 Å². The van der Waals surface area contributed by atoms with E-state index >= 15 is 0 Å². The SMILES string of the molecule is Cc1ccc(C(=O)NC2CCSCC2)cc1C#CCO. The maximum Gasteiger partial charge on any atom is 0.251 e. The number of carbonyl (C=O) groups excluding carboxylic acids is 1. The van der Waals surface area contributed by atoms with E-state index in [2.05, 4.69) is 17.2 Å². The number of benzene rings is 1. The Balaban J connectivity index is 2.09. The average Bonchev–Trinajstić information content (AvgIpc) is 2.47. The van der Waals surface area contributed by atoms with Crippen LogP contribution in [0.4, 0.5) is 0 Å². The van der Waals surface area contributed by atoms with Crippen molar-refractivity contribution in [1.29, 1.82) is 0 Å². The molecule has 1 aliphatic heterocycles. The van der Waals surface area contributed by atoms with Crippen molar-refractivity contribution in [2.45, 2.75) is 25.8 Å². The summed E-state index contributed by atoms with van der Waals surface area (Å²) in [5.74, 6) is 7.70. The van der Waals surface area contributed by atoms with Crippen molar-refractivity contribution in [2.24, 2.45) is 0 Å². The second-order valence-electron chi connectivity index (χ2n) is 4.85. The molecule has 4 heteroatoms. The van der Waals surface area contributed by atoms with Gasteiger partial charge in [0.15, 0.2) is 0 Å². The highest BCUT2D eigenvalue weighted by atomic mass is 32.2. The maximum absolute atomic E-state index is 12.2. The molecular weight excluding hydrogens is 270 g/mol. The van der Waals surface area contributed by atoms with E-state index in [1.807, 2.05) is 30.8 Å². The third kappa shape index (κ3) is 4.03. The van der Waals surface area contributed by atoms with Gasteiger partial charge in [0.05, 0.1) is 0 Å². The first-order valence-electron chi connectivity index (χ1n) is 6.79. The van der Waals surface area contributed by atoms with Crippen LogP contribution in [-0.4, -0.2) is 35.2 Å². The molecule has 2 N–H and O–H groups in total. The fraction of sp³-hybridized carbons (Fsp3) is 0.438. The maximum atomic E-state index is 12.2. The minimum atomic E-state index is -0.171. The Bertz CT molecular complexity index is 539. The van der Waals surface area contributed by atoms with Gasteiger partial charge < -0.3 is 10.4 Å². The van der Waals surface area contributed by atoms with Crippen molar-refractivity contribution < 1.29 is 9.90 Å². The normalized spacial score (nSPS) is 15.3. The number of nitrogens with one attached hydrogen (secondary N) is 1. The number of aliphatic hydroxyl groups is 1. The second-order valence-corrected chi connectivity index (χ2v) is 6.07. The first-order valence-corrected chi connectivity index (χ1v) is 7.95. The van der Waals surface area contributed by atoms with Gasteiger partial charge in [0, 0.05) is 17.2 Å². The Kier molecular flexibility index (Phi) is 5.51. The fourth-order valence-electron chi connectivity index (χ4n) is 2.14. The van der Waals surface area contributed by atoms with Crippen molar-refractivity contribution in [3.8, 4) is 11.8 Å². The van der Waals surface area contributed by atoms with Crippen molar-refractivity contribution in [3.63, 3.8) is 0 Å². The Labute approximate surface area is 124 Å². The van der Waals surface area contributed by atoms with E-state index in [0.29, 0.717) is 5.56 Å². The Morgan fingerprint density at radius 1 is 1.45 bits per heavy atom. The van der Waals surface area contributed by atoms with Crippen LogP contribution in [0, 0.1) is 18.8 Å². The van der Waals surface area contributed by atoms with Gasteiger partial charge in [0.1, 0.15) is 6.61 Å². The molecule has 0 unspecified atom stereocenters. The third-order valence-electron chi connectivity index (χ3n) is 3.36. The molecule has 0 spiro atoms. The van der Waals surface area contributed by atoms with E-state index < -0.39 is 0 Å². The topological polar surface area (TPSA) is 49.3 Å². The Hall–Kier alpha value is -1.44. The highest BCUT2D eigenvalue weighted by molar-refractivity contribution is 7.99. The van der Waals surface area contributed by atoms with Gasteiger partial charge in [-0.2, -0.15) is 11.8 Å². The van der Waals surface area contributed by atoms with Gasteiger partial charge >= 0.3 is 0 Å². The molecule has 2 rings (SSSR count). The molecule has 3 nitrogen and oxygen atoms in total. The summed E-state index contributed by atoms with van der Waals surface area (Å²) in [5, 5.41) is 11.8. The fourth-order valence-corrected chi connectivity index (χ4v) is 3.25. The van der Waals surface area contributed by atoms with Crippen LogP contribution < -0.4 is 5.32 Å². The zero-order chi connectivity index (χ0) is 14.4. The Morgan fingerprint density at radius 3 is 2.90 bits per heavy atom. The summed E-state index contributed by atoms with van der Waals surface area (Å²) in [6, 6.07) is 5.81. The first-order chi connectivity index (χ1) is 9.70. The van der Waals surface area contributed by atoms with E-state index in [4.69, 9.17) is 5.11 Å². The minimum absolute atomic E-state index is 0.0334. The standard InChI is InChI=1S/C16H19NO2S/c1-12-4-5-14(11-13(12)3-2-8-18)16(19)17-15-6-9-20-10-7-15/h4-5,11,15,18H,6-10H2,1H3,(H,17,19). The third-order valence-corrected chi connectivity index (χ3v) is 4.41. The molecule has 20 heavy (non-hydrogen) atoms. The zero-order valence-electron chi connectivity index (χ0n) is 11.6. The molecular formula is C16H19NO2S. The van der Waals surface area contributed by atoms with E-state index in [1.54, 1.807) is 6.07 Å². The molecule has 1 aromatic carbocycles. The molecule has 0 aromatic heterocycles. The zero-order valence-corrected chi connectivity index (χ0v) is 12.4. The van der Waals surface area contributed by atoms with Gasteiger partial charge in [-0.15, -0.1) is 0 Å². The number of rotatable bonds is 2. The molecule has 1 fully saturated rings. The van der Waals surface area contributed by atoms with E-state index in [9.17, 15) is 4.79 Å². The molecule has 1 aromatic rings. The average molecular weight is 289 g/mol. The van der Waals surface area contributed by atoms with Crippen LogP contribution in [0.25, 0.3) is 0 Å². The summed E-state index contributed by atoms with van der Waals surface area (Å²) in [6.07, 6.45) is 2.08. The van der Waals surface area contributed by atoms with Crippen LogP contribution in [0.1, 0.15) is 34.3 Å². The van der Waals surface area contributed by atoms with Gasteiger partial charge in [-0.1, -0.05) is 17.9 Å². The van der Waals surface area contributed by atoms with Crippen LogP contribution in [0.5, 0.6) is 0 Å². The molecule has 0 atom stereocenters. The molecule has 0 bridgehead atoms. The minimum Gasteiger partial charge on any atom is -0.384 e. The van der Waals surface area contributed by atoms with Gasteiger partial charge in [-0.05, 0) is 49.0 Å². The highest BCUT2D eigenvalue weighted by Gasteiger charge is 2.17. The van der Waals surface area contributed by atoms with Gasteiger partial charge in [0.25, 0.3) is 5.91 Å². The molecule has 106 valence electrons. The first kappa shape index (κ1) is 15.0. The summed E-state index contributed by atoms with van der Waals surface area (Å²) >= 11 is 1.94. The lowest BCUT2D eigenvalue weighted by atomic mass is 10.0. The monoisotopic (exact) mass is 289 g/mol. The smallest absolute Gasteiger partial charge is 0.251 e. The van der Waals surface area contributed by atoms with E-state index in [0.717, 1.165) is 35.5 Å². The quantitative estimate of drug-likeness (QED) is 0.818. The summed E-state index contributed by atoms with van der Waals surface area (Å²) in [7, 11) is 0. The highest BCUT2D eigenvalue weighted by Crippen LogP contribution is 2.18. The van der Waals surface area contributed by atoms with Gasteiger partial charge in [-0.3, -0.25) is 4.79 Å². The number of aryl methyl sites for hydroxylation is 1. The molecule has 1 aliphatic rings. The van der Waals surface area contributed by atoms with E-state index in [1.165, 1.54) is 0 Å². The van der Waals surface area contributed by atoms with Crippen molar-refractivity contribution >= 4 is 17.7 Å². The van der Waals surface area contributed by atoms with Gasteiger partial charge in [0.2, 0.25) is 0 Å². The number of carbonyl (C=O) groups is 1. The molecule has 0 saturated carbocycles. The lowest BCUT2D eigenvalue weighted by Gasteiger charge is -2.22. The molecule has 1 amide bonds. The molecule has 1 heterocycles.